The summed E-state index contributed by atoms with van der Waals surface area (Å²) >= 11 is 6.93. The molecule has 0 atom stereocenters. The Kier molecular flexibility index (Phi) is 6.72. The van der Waals surface area contributed by atoms with Crippen molar-refractivity contribution in [2.45, 2.75) is 4.90 Å². The van der Waals surface area contributed by atoms with Crippen molar-refractivity contribution in [2.24, 2.45) is 10.9 Å². The Labute approximate surface area is 88.1 Å². The molecular weight excluding hydrogens is 204 g/mol. The van der Waals surface area contributed by atoms with Gasteiger partial charge in [-0.05, 0) is 36.7 Å². The summed E-state index contributed by atoms with van der Waals surface area (Å²) in [4.78, 5) is 0.951. The van der Waals surface area contributed by atoms with Crippen LogP contribution in [-0.2, 0) is 0 Å². The van der Waals surface area contributed by atoms with Gasteiger partial charge < -0.3 is 5.73 Å². The van der Waals surface area contributed by atoms with Crippen LogP contribution in [0.4, 0.5) is 0 Å². The van der Waals surface area contributed by atoms with Gasteiger partial charge in [-0.25, -0.2) is 0 Å². The predicted octanol–water partition coefficient (Wildman–Crippen LogP) is 2.52. The second-order valence-electron chi connectivity index (χ2n) is 2.00. The molecule has 0 amide bonds. The molecule has 72 valence electrons. The molecular formula is C9H13ClN2S. The second-order valence-corrected chi connectivity index (χ2v) is 3.12. The predicted molar refractivity (Wildman–Crippen MR) is 61.7 cm³/mol. The van der Waals surface area contributed by atoms with Crippen LogP contribution in [0.2, 0.25) is 5.02 Å². The van der Waals surface area contributed by atoms with E-state index in [1.807, 2.05) is 18.2 Å². The number of hydrogen-bond donors (Lipinski definition) is 2. The third-order valence-electron chi connectivity index (χ3n) is 1.32. The summed E-state index contributed by atoms with van der Waals surface area (Å²) in [5, 5.41) is 6.10. The van der Waals surface area contributed by atoms with Crippen LogP contribution in [0.1, 0.15) is 5.56 Å². The molecule has 1 rings (SSSR count). The van der Waals surface area contributed by atoms with Crippen LogP contribution in [0, 0.1) is 0 Å². The van der Waals surface area contributed by atoms with Crippen LogP contribution in [0.15, 0.2) is 29.7 Å². The lowest BCUT2D eigenvalue weighted by atomic mass is 10.2. The first kappa shape index (κ1) is 12.5. The first-order valence-corrected chi connectivity index (χ1v) is 4.90. The maximum atomic E-state index is 5.75. The highest BCUT2D eigenvalue weighted by molar-refractivity contribution is 7.97. The van der Waals surface area contributed by atoms with E-state index < -0.39 is 0 Å². The summed E-state index contributed by atoms with van der Waals surface area (Å²) in [5.41, 5.74) is 5.52. The van der Waals surface area contributed by atoms with E-state index in [0.717, 1.165) is 10.5 Å². The maximum absolute atomic E-state index is 5.75. The van der Waals surface area contributed by atoms with E-state index in [9.17, 15) is 0 Å². The van der Waals surface area contributed by atoms with Crippen LogP contribution in [0.5, 0.6) is 0 Å². The summed E-state index contributed by atoms with van der Waals surface area (Å²) in [6.07, 6.45) is 1.76. The number of halogens is 1. The molecule has 1 aromatic carbocycles. The monoisotopic (exact) mass is 216 g/mol. The number of benzene rings is 1. The standard InChI is InChI=1S/C8H8ClNS.CH5N/c1-2-6-3-4-7(9)5-8(6)11-10;1-2/h2-5H,1,10H2;2H2,1H3. The highest BCUT2D eigenvalue weighted by atomic mass is 35.5. The van der Waals surface area contributed by atoms with Gasteiger partial charge in [0, 0.05) is 9.92 Å². The molecule has 0 bridgehead atoms. The van der Waals surface area contributed by atoms with Crippen LogP contribution in [0.3, 0.4) is 0 Å². The molecule has 0 aliphatic carbocycles. The molecule has 2 nitrogen and oxygen atoms in total. The van der Waals surface area contributed by atoms with Gasteiger partial charge in [0.1, 0.15) is 0 Å². The van der Waals surface area contributed by atoms with Crippen molar-refractivity contribution in [1.82, 2.24) is 0 Å². The first-order valence-electron chi connectivity index (χ1n) is 3.64. The normalized spacial score (nSPS) is 8.62. The van der Waals surface area contributed by atoms with Crippen molar-refractivity contribution < 1.29 is 0 Å². The zero-order chi connectivity index (χ0) is 10.3. The van der Waals surface area contributed by atoms with Gasteiger partial charge in [0.05, 0.1) is 0 Å². The summed E-state index contributed by atoms with van der Waals surface area (Å²) in [6, 6.07) is 5.53. The molecule has 0 saturated heterocycles. The Balaban J connectivity index is 0.000000671. The number of nitrogens with two attached hydrogens (primary N) is 2. The second kappa shape index (κ2) is 6.97. The van der Waals surface area contributed by atoms with Gasteiger partial charge in [-0.1, -0.05) is 30.3 Å². The summed E-state index contributed by atoms with van der Waals surface area (Å²) in [5.74, 6) is 0. The van der Waals surface area contributed by atoms with Crippen molar-refractivity contribution in [3.63, 3.8) is 0 Å². The molecule has 0 radical (unpaired) electrons. The van der Waals surface area contributed by atoms with E-state index >= 15 is 0 Å². The van der Waals surface area contributed by atoms with Crippen molar-refractivity contribution in [1.29, 1.82) is 0 Å². The van der Waals surface area contributed by atoms with Gasteiger partial charge in [0.15, 0.2) is 0 Å². The minimum Gasteiger partial charge on any atom is -0.333 e. The van der Waals surface area contributed by atoms with Crippen molar-refractivity contribution in [3.8, 4) is 0 Å². The van der Waals surface area contributed by atoms with Crippen molar-refractivity contribution >= 4 is 29.6 Å². The zero-order valence-corrected chi connectivity index (χ0v) is 9.03. The van der Waals surface area contributed by atoms with Gasteiger partial charge in [-0.3, -0.25) is 5.14 Å². The summed E-state index contributed by atoms with van der Waals surface area (Å²) < 4.78 is 0. The van der Waals surface area contributed by atoms with Crippen LogP contribution in [0.25, 0.3) is 6.08 Å². The SMILES string of the molecule is C=Cc1ccc(Cl)cc1SN.CN. The lowest BCUT2D eigenvalue weighted by Crippen LogP contribution is -1.83. The molecule has 0 saturated carbocycles. The van der Waals surface area contributed by atoms with Crippen molar-refractivity contribution in [3.05, 3.63) is 35.4 Å². The molecule has 1 aromatic rings. The Morgan fingerprint density at radius 1 is 1.46 bits per heavy atom. The lowest BCUT2D eigenvalue weighted by molar-refractivity contribution is 1.42. The van der Waals surface area contributed by atoms with Crippen LogP contribution >= 0.6 is 23.5 Å². The van der Waals surface area contributed by atoms with Gasteiger partial charge in [-0.2, -0.15) is 0 Å². The molecule has 0 aliphatic heterocycles. The van der Waals surface area contributed by atoms with Crippen LogP contribution < -0.4 is 10.9 Å². The largest absolute Gasteiger partial charge is 0.333 e. The third-order valence-corrected chi connectivity index (χ3v) is 2.17. The zero-order valence-electron chi connectivity index (χ0n) is 7.46. The molecule has 0 spiro atoms. The van der Waals surface area contributed by atoms with Crippen LogP contribution in [-0.4, -0.2) is 7.05 Å². The van der Waals surface area contributed by atoms with Crippen molar-refractivity contribution in [2.75, 3.05) is 7.05 Å². The Bertz CT molecular complexity index is 276. The van der Waals surface area contributed by atoms with E-state index in [2.05, 4.69) is 12.3 Å². The minimum atomic E-state index is 0.698. The molecule has 0 heterocycles. The average molecular weight is 217 g/mol. The van der Waals surface area contributed by atoms with Gasteiger partial charge in [0.2, 0.25) is 0 Å². The smallest absolute Gasteiger partial charge is 0.0418 e. The summed E-state index contributed by atoms with van der Waals surface area (Å²) in [7, 11) is 1.50. The quantitative estimate of drug-likeness (QED) is 0.747. The summed E-state index contributed by atoms with van der Waals surface area (Å²) in [6.45, 7) is 3.66. The Morgan fingerprint density at radius 2 is 2.08 bits per heavy atom. The molecule has 13 heavy (non-hydrogen) atoms. The Morgan fingerprint density at radius 3 is 2.54 bits per heavy atom. The molecule has 4 heteroatoms. The van der Waals surface area contributed by atoms with E-state index in [-0.39, 0.29) is 0 Å². The molecule has 0 fully saturated rings. The Hall–Kier alpha value is -0.480. The fourth-order valence-corrected chi connectivity index (χ4v) is 1.50. The molecule has 4 N–H and O–H groups in total. The maximum Gasteiger partial charge on any atom is 0.0418 e. The highest BCUT2D eigenvalue weighted by Crippen LogP contribution is 2.23. The molecule has 0 aromatic heterocycles. The van der Waals surface area contributed by atoms with E-state index in [1.54, 1.807) is 6.08 Å². The van der Waals surface area contributed by atoms with Gasteiger partial charge in [0.25, 0.3) is 0 Å². The van der Waals surface area contributed by atoms with Gasteiger partial charge in [-0.15, -0.1) is 0 Å². The van der Waals surface area contributed by atoms with E-state index in [4.69, 9.17) is 16.7 Å². The van der Waals surface area contributed by atoms with E-state index in [1.165, 1.54) is 19.0 Å². The fraction of sp³-hybridized carbons (Fsp3) is 0.111. The highest BCUT2D eigenvalue weighted by Gasteiger charge is 1.97. The average Bonchev–Trinajstić information content (AvgIpc) is 2.20. The van der Waals surface area contributed by atoms with E-state index in [0.29, 0.717) is 5.02 Å². The number of hydrogen-bond acceptors (Lipinski definition) is 3. The number of rotatable bonds is 2. The minimum absolute atomic E-state index is 0.698. The third kappa shape index (κ3) is 3.83. The topological polar surface area (TPSA) is 52.0 Å². The lowest BCUT2D eigenvalue weighted by Gasteiger charge is -2.01. The van der Waals surface area contributed by atoms with Gasteiger partial charge >= 0.3 is 0 Å². The fourth-order valence-electron chi connectivity index (χ4n) is 0.779. The molecule has 0 aliphatic rings. The molecule has 0 unspecified atom stereocenters. The first-order chi connectivity index (χ1) is 6.27.